The standard InChI is InChI=1S/C20H17F3N2O4/c1-29-19(28)16(10-13-4-2-3-5-14(13)11-24)25-18(27)17(26)12-6-8-15(9-7-12)20(21,22)23/h2-9,16-17,26H,10H2,1H3,(H,25,27)/t16-,17-/m1/s1. The van der Waals surface area contributed by atoms with Crippen molar-refractivity contribution in [1.29, 1.82) is 5.26 Å². The number of nitrogens with zero attached hydrogens (tertiary/aromatic N) is 1. The number of benzene rings is 2. The van der Waals surface area contributed by atoms with E-state index in [-0.39, 0.29) is 12.0 Å². The van der Waals surface area contributed by atoms with Crippen LogP contribution in [0.3, 0.4) is 0 Å². The third-order valence-corrected chi connectivity index (χ3v) is 4.17. The molecule has 2 atom stereocenters. The Morgan fingerprint density at radius 3 is 2.34 bits per heavy atom. The summed E-state index contributed by atoms with van der Waals surface area (Å²) in [7, 11) is 1.12. The second-order valence-electron chi connectivity index (χ2n) is 6.08. The van der Waals surface area contributed by atoms with E-state index in [9.17, 15) is 27.9 Å². The predicted octanol–water partition coefficient (Wildman–Crippen LogP) is 2.51. The number of carbonyl (C=O) groups excluding carboxylic acids is 2. The molecule has 0 spiro atoms. The van der Waals surface area contributed by atoms with E-state index in [1.165, 1.54) is 0 Å². The molecule has 0 fully saturated rings. The average Bonchev–Trinajstić information content (AvgIpc) is 2.71. The van der Waals surface area contributed by atoms with Gasteiger partial charge in [-0.05, 0) is 29.3 Å². The molecule has 1 amide bonds. The van der Waals surface area contributed by atoms with E-state index < -0.39 is 35.8 Å². The predicted molar refractivity (Wildman–Crippen MR) is 95.2 cm³/mol. The molecule has 0 aliphatic rings. The SMILES string of the molecule is COC(=O)[C@@H](Cc1ccccc1C#N)NC(=O)[C@H](O)c1ccc(C(F)(F)F)cc1. The van der Waals surface area contributed by atoms with Gasteiger partial charge in [0.05, 0.1) is 24.3 Å². The summed E-state index contributed by atoms with van der Waals surface area (Å²) in [4.78, 5) is 24.4. The maximum absolute atomic E-state index is 12.6. The van der Waals surface area contributed by atoms with Crippen LogP contribution in [0.5, 0.6) is 0 Å². The normalized spacial score (nSPS) is 13.1. The third-order valence-electron chi connectivity index (χ3n) is 4.17. The molecule has 0 saturated heterocycles. The molecular formula is C20H17F3N2O4. The van der Waals surface area contributed by atoms with Crippen LogP contribution in [0.25, 0.3) is 0 Å². The van der Waals surface area contributed by atoms with E-state index >= 15 is 0 Å². The Labute approximate surface area is 164 Å². The van der Waals surface area contributed by atoms with Gasteiger partial charge in [-0.25, -0.2) is 4.79 Å². The monoisotopic (exact) mass is 406 g/mol. The number of aliphatic hydroxyl groups excluding tert-OH is 1. The first-order chi connectivity index (χ1) is 13.7. The highest BCUT2D eigenvalue weighted by Gasteiger charge is 2.31. The molecule has 2 N–H and O–H groups in total. The Kier molecular flexibility index (Phi) is 6.96. The van der Waals surface area contributed by atoms with Crippen molar-refractivity contribution in [3.05, 3.63) is 70.8 Å². The molecule has 0 saturated carbocycles. The van der Waals surface area contributed by atoms with Crippen molar-refractivity contribution in [3.63, 3.8) is 0 Å². The summed E-state index contributed by atoms with van der Waals surface area (Å²) in [6, 6.07) is 10.7. The van der Waals surface area contributed by atoms with Gasteiger partial charge in [0.15, 0.2) is 6.10 Å². The second-order valence-corrected chi connectivity index (χ2v) is 6.08. The zero-order chi connectivity index (χ0) is 21.6. The Morgan fingerprint density at radius 2 is 1.79 bits per heavy atom. The van der Waals surface area contributed by atoms with Gasteiger partial charge >= 0.3 is 12.1 Å². The number of hydrogen-bond donors (Lipinski definition) is 2. The Morgan fingerprint density at radius 1 is 1.17 bits per heavy atom. The van der Waals surface area contributed by atoms with Gasteiger partial charge in [-0.3, -0.25) is 4.79 Å². The highest BCUT2D eigenvalue weighted by molar-refractivity contribution is 5.87. The number of alkyl halides is 3. The maximum atomic E-state index is 12.6. The molecule has 2 aromatic carbocycles. The van der Waals surface area contributed by atoms with Crippen molar-refractivity contribution >= 4 is 11.9 Å². The fourth-order valence-corrected chi connectivity index (χ4v) is 2.62. The molecule has 2 aromatic rings. The van der Waals surface area contributed by atoms with Crippen molar-refractivity contribution in [3.8, 4) is 6.07 Å². The Hall–Kier alpha value is -3.38. The van der Waals surface area contributed by atoms with Crippen LogP contribution >= 0.6 is 0 Å². The first kappa shape index (κ1) is 21.9. The summed E-state index contributed by atoms with van der Waals surface area (Å²) in [5.74, 6) is -1.79. The molecule has 6 nitrogen and oxygen atoms in total. The van der Waals surface area contributed by atoms with Crippen LogP contribution in [0.2, 0.25) is 0 Å². The van der Waals surface area contributed by atoms with Gasteiger partial charge in [0, 0.05) is 6.42 Å². The highest BCUT2D eigenvalue weighted by atomic mass is 19.4. The Balaban J connectivity index is 2.17. The van der Waals surface area contributed by atoms with E-state index in [1.807, 2.05) is 6.07 Å². The quantitative estimate of drug-likeness (QED) is 0.719. The lowest BCUT2D eigenvalue weighted by Gasteiger charge is -2.19. The summed E-state index contributed by atoms with van der Waals surface area (Å²) < 4.78 is 42.5. The molecule has 2 rings (SSSR count). The molecule has 0 radical (unpaired) electrons. The number of ether oxygens (including phenoxy) is 1. The number of halogens is 3. The van der Waals surface area contributed by atoms with Gasteiger partial charge < -0.3 is 15.2 Å². The number of carbonyl (C=O) groups is 2. The number of amides is 1. The molecule has 29 heavy (non-hydrogen) atoms. The van der Waals surface area contributed by atoms with E-state index in [4.69, 9.17) is 5.26 Å². The van der Waals surface area contributed by atoms with E-state index in [0.29, 0.717) is 11.1 Å². The fourth-order valence-electron chi connectivity index (χ4n) is 2.62. The first-order valence-corrected chi connectivity index (χ1v) is 8.38. The van der Waals surface area contributed by atoms with Gasteiger partial charge in [-0.1, -0.05) is 30.3 Å². The van der Waals surface area contributed by atoms with Crippen LogP contribution < -0.4 is 5.32 Å². The number of aliphatic hydroxyl groups is 1. The lowest BCUT2D eigenvalue weighted by Crippen LogP contribution is -2.45. The fraction of sp³-hybridized carbons (Fsp3) is 0.250. The van der Waals surface area contributed by atoms with Crippen molar-refractivity contribution in [2.75, 3.05) is 7.11 Å². The summed E-state index contributed by atoms with van der Waals surface area (Å²) in [6.07, 6.45) is -6.41. The summed E-state index contributed by atoms with van der Waals surface area (Å²) in [5.41, 5.74) is -0.209. The minimum atomic E-state index is -4.55. The first-order valence-electron chi connectivity index (χ1n) is 8.38. The third kappa shape index (κ3) is 5.56. The molecular weight excluding hydrogens is 389 g/mol. The maximum Gasteiger partial charge on any atom is 0.416 e. The van der Waals surface area contributed by atoms with Crippen LogP contribution in [-0.2, 0) is 26.9 Å². The molecule has 152 valence electrons. The summed E-state index contributed by atoms with van der Waals surface area (Å²) in [6.45, 7) is 0. The zero-order valence-corrected chi connectivity index (χ0v) is 15.2. The molecule has 0 aliphatic carbocycles. The lowest BCUT2D eigenvalue weighted by atomic mass is 10.00. The summed E-state index contributed by atoms with van der Waals surface area (Å²) >= 11 is 0. The average molecular weight is 406 g/mol. The van der Waals surface area contributed by atoms with Crippen LogP contribution in [0, 0.1) is 11.3 Å². The number of rotatable bonds is 6. The second kappa shape index (κ2) is 9.21. The zero-order valence-electron chi connectivity index (χ0n) is 15.2. The minimum Gasteiger partial charge on any atom is -0.467 e. The molecule has 0 heterocycles. The smallest absolute Gasteiger partial charge is 0.416 e. The van der Waals surface area contributed by atoms with Crippen LogP contribution in [0.1, 0.15) is 28.4 Å². The molecule has 0 unspecified atom stereocenters. The van der Waals surface area contributed by atoms with Gasteiger partial charge in [0.2, 0.25) is 0 Å². The molecule has 0 bridgehead atoms. The molecule has 0 aromatic heterocycles. The number of esters is 1. The van der Waals surface area contributed by atoms with E-state index in [0.717, 1.165) is 31.4 Å². The van der Waals surface area contributed by atoms with Crippen molar-refractivity contribution in [2.45, 2.75) is 24.7 Å². The van der Waals surface area contributed by atoms with Crippen molar-refractivity contribution in [2.24, 2.45) is 0 Å². The number of methoxy groups -OCH3 is 1. The van der Waals surface area contributed by atoms with Gasteiger partial charge in [0.1, 0.15) is 6.04 Å². The largest absolute Gasteiger partial charge is 0.467 e. The highest BCUT2D eigenvalue weighted by Crippen LogP contribution is 2.30. The van der Waals surface area contributed by atoms with E-state index in [2.05, 4.69) is 10.1 Å². The number of nitrogens with one attached hydrogen (secondary N) is 1. The van der Waals surface area contributed by atoms with E-state index in [1.54, 1.807) is 24.3 Å². The van der Waals surface area contributed by atoms with Crippen LogP contribution in [0.4, 0.5) is 13.2 Å². The van der Waals surface area contributed by atoms with Gasteiger partial charge in [-0.15, -0.1) is 0 Å². The number of nitriles is 1. The van der Waals surface area contributed by atoms with Crippen molar-refractivity contribution in [1.82, 2.24) is 5.32 Å². The van der Waals surface area contributed by atoms with Crippen molar-refractivity contribution < 1.29 is 32.6 Å². The Bertz CT molecular complexity index is 921. The van der Waals surface area contributed by atoms with Gasteiger partial charge in [-0.2, -0.15) is 18.4 Å². The minimum absolute atomic E-state index is 0.0676. The molecule has 9 heteroatoms. The van der Waals surface area contributed by atoms with Gasteiger partial charge in [0.25, 0.3) is 5.91 Å². The summed E-state index contributed by atoms with van der Waals surface area (Å²) in [5, 5.41) is 21.6. The van der Waals surface area contributed by atoms with Crippen LogP contribution in [-0.4, -0.2) is 30.1 Å². The lowest BCUT2D eigenvalue weighted by molar-refractivity contribution is -0.146. The molecule has 0 aliphatic heterocycles. The van der Waals surface area contributed by atoms with Crippen LogP contribution in [0.15, 0.2) is 48.5 Å². The number of hydrogen-bond acceptors (Lipinski definition) is 5. The topological polar surface area (TPSA) is 99.4 Å².